The van der Waals surface area contributed by atoms with Crippen molar-refractivity contribution in [3.63, 3.8) is 0 Å². The smallest absolute Gasteiger partial charge is 0.267 e. The Balaban J connectivity index is 1.41. The molecule has 2 aromatic carbocycles. The summed E-state index contributed by atoms with van der Waals surface area (Å²) in [6.07, 6.45) is 0.914. The number of hydrogen-bond acceptors (Lipinski definition) is 5. The topological polar surface area (TPSA) is 97.0 Å². The molecule has 2 atom stereocenters. The molecular formula is C21H21FN4O3. The number of hydrazone groups is 1. The van der Waals surface area contributed by atoms with Crippen LogP contribution in [-0.4, -0.2) is 36.7 Å². The summed E-state index contributed by atoms with van der Waals surface area (Å²) in [7, 11) is 0. The number of carbonyl (C=O) groups excluding carboxylic acids is 2. The third-order valence-corrected chi connectivity index (χ3v) is 5.10. The summed E-state index contributed by atoms with van der Waals surface area (Å²) in [4.78, 5) is 24.4. The van der Waals surface area contributed by atoms with Crippen molar-refractivity contribution in [1.29, 1.82) is 0 Å². The third kappa shape index (κ3) is 4.06. The maximum absolute atomic E-state index is 13.2. The number of rotatable bonds is 5. The summed E-state index contributed by atoms with van der Waals surface area (Å²) in [5, 5.41) is 8.52. The lowest BCUT2D eigenvalue weighted by atomic mass is 9.96. The Morgan fingerprint density at radius 2 is 1.93 bits per heavy atom. The van der Waals surface area contributed by atoms with Crippen molar-refractivity contribution in [3.8, 4) is 5.75 Å². The molecule has 0 saturated carbocycles. The van der Waals surface area contributed by atoms with Gasteiger partial charge < -0.3 is 15.8 Å². The normalized spacial score (nSPS) is 20.4. The van der Waals surface area contributed by atoms with Crippen molar-refractivity contribution >= 4 is 23.2 Å². The van der Waals surface area contributed by atoms with Crippen LogP contribution in [-0.2, 0) is 16.0 Å². The van der Waals surface area contributed by atoms with Gasteiger partial charge in [-0.15, -0.1) is 0 Å². The summed E-state index contributed by atoms with van der Waals surface area (Å²) < 4.78 is 18.9. The molecule has 0 spiro atoms. The van der Waals surface area contributed by atoms with Crippen LogP contribution in [0.4, 0.5) is 10.1 Å². The van der Waals surface area contributed by atoms with E-state index in [1.165, 1.54) is 29.3 Å². The number of nitrogens with two attached hydrogens (primary N) is 1. The number of anilines is 1. The van der Waals surface area contributed by atoms with Crippen molar-refractivity contribution in [3.05, 3.63) is 59.9 Å². The molecule has 2 aliphatic heterocycles. The number of amides is 2. The van der Waals surface area contributed by atoms with E-state index in [0.29, 0.717) is 18.8 Å². The standard InChI is InChI=1S/C21H21FN4O3/c22-15-5-7-16(8-6-15)26-18(20(23)27)10-17(25-26)21(28)24-11-13-9-14-3-1-2-4-19(14)29-12-13/h1-8,13,18H,9-12H2,(H2,23,27)(H,24,28). The van der Waals surface area contributed by atoms with Crippen LogP contribution in [0, 0.1) is 11.7 Å². The van der Waals surface area contributed by atoms with Gasteiger partial charge in [-0.25, -0.2) is 4.39 Å². The van der Waals surface area contributed by atoms with Crippen LogP contribution in [0.3, 0.4) is 0 Å². The molecule has 2 heterocycles. The average molecular weight is 396 g/mol. The summed E-state index contributed by atoms with van der Waals surface area (Å²) in [6.45, 7) is 0.958. The largest absolute Gasteiger partial charge is 0.493 e. The molecule has 0 bridgehead atoms. The van der Waals surface area contributed by atoms with Crippen LogP contribution in [0.15, 0.2) is 53.6 Å². The van der Waals surface area contributed by atoms with Gasteiger partial charge in [0, 0.05) is 18.9 Å². The molecule has 2 aromatic rings. The fourth-order valence-electron chi connectivity index (χ4n) is 3.56. The zero-order valence-corrected chi connectivity index (χ0v) is 15.7. The molecule has 0 fully saturated rings. The second-order valence-electron chi connectivity index (χ2n) is 7.19. The van der Waals surface area contributed by atoms with E-state index < -0.39 is 17.8 Å². The van der Waals surface area contributed by atoms with Gasteiger partial charge in [-0.3, -0.25) is 14.6 Å². The SMILES string of the molecule is NC(=O)C1CC(C(=O)NCC2COc3ccccc3C2)=NN1c1ccc(F)cc1. The van der Waals surface area contributed by atoms with Crippen LogP contribution in [0.25, 0.3) is 0 Å². The van der Waals surface area contributed by atoms with Gasteiger partial charge in [-0.05, 0) is 42.3 Å². The van der Waals surface area contributed by atoms with Crippen molar-refractivity contribution < 1.29 is 18.7 Å². The lowest BCUT2D eigenvalue weighted by Crippen LogP contribution is -2.40. The minimum absolute atomic E-state index is 0.0997. The number of ether oxygens (including phenoxy) is 1. The summed E-state index contributed by atoms with van der Waals surface area (Å²) in [5.41, 5.74) is 7.31. The van der Waals surface area contributed by atoms with Gasteiger partial charge >= 0.3 is 0 Å². The van der Waals surface area contributed by atoms with E-state index in [0.717, 1.165) is 17.7 Å². The predicted octanol–water partition coefficient (Wildman–Crippen LogP) is 1.61. The van der Waals surface area contributed by atoms with E-state index in [-0.39, 0.29) is 24.0 Å². The Hall–Kier alpha value is -3.42. The molecule has 0 aromatic heterocycles. The van der Waals surface area contributed by atoms with Crippen LogP contribution >= 0.6 is 0 Å². The van der Waals surface area contributed by atoms with Gasteiger partial charge in [0.05, 0.1) is 12.3 Å². The van der Waals surface area contributed by atoms with Crippen molar-refractivity contribution in [2.24, 2.45) is 16.8 Å². The Bertz CT molecular complexity index is 961. The quantitative estimate of drug-likeness (QED) is 0.803. The van der Waals surface area contributed by atoms with Crippen LogP contribution in [0.2, 0.25) is 0 Å². The molecule has 0 aliphatic carbocycles. The van der Waals surface area contributed by atoms with Gasteiger partial charge in [0.15, 0.2) is 0 Å². The first-order valence-electron chi connectivity index (χ1n) is 9.42. The number of hydrogen-bond donors (Lipinski definition) is 2. The Morgan fingerprint density at radius 3 is 2.69 bits per heavy atom. The number of halogens is 1. The number of para-hydroxylation sites is 1. The number of carbonyl (C=O) groups is 2. The van der Waals surface area contributed by atoms with Crippen LogP contribution in [0.1, 0.15) is 12.0 Å². The zero-order chi connectivity index (χ0) is 20.4. The molecular weight excluding hydrogens is 375 g/mol. The minimum Gasteiger partial charge on any atom is -0.493 e. The van der Waals surface area contributed by atoms with Crippen LogP contribution in [0.5, 0.6) is 5.75 Å². The maximum atomic E-state index is 13.2. The number of benzene rings is 2. The van der Waals surface area contributed by atoms with E-state index in [2.05, 4.69) is 10.4 Å². The third-order valence-electron chi connectivity index (χ3n) is 5.10. The van der Waals surface area contributed by atoms with Gasteiger partial charge in [-0.1, -0.05) is 18.2 Å². The first kappa shape index (κ1) is 18.9. The average Bonchev–Trinajstić information content (AvgIpc) is 3.18. The predicted molar refractivity (Wildman–Crippen MR) is 106 cm³/mol. The zero-order valence-electron chi connectivity index (χ0n) is 15.7. The minimum atomic E-state index is -0.786. The summed E-state index contributed by atoms with van der Waals surface area (Å²) in [6, 6.07) is 12.6. The van der Waals surface area contributed by atoms with Crippen molar-refractivity contribution in [2.75, 3.05) is 18.2 Å². The molecule has 2 amide bonds. The maximum Gasteiger partial charge on any atom is 0.267 e. The number of nitrogens with one attached hydrogen (secondary N) is 1. The van der Waals surface area contributed by atoms with E-state index in [9.17, 15) is 14.0 Å². The molecule has 4 rings (SSSR count). The molecule has 2 unspecified atom stereocenters. The van der Waals surface area contributed by atoms with E-state index in [4.69, 9.17) is 10.5 Å². The van der Waals surface area contributed by atoms with Gasteiger partial charge in [0.2, 0.25) is 5.91 Å². The van der Waals surface area contributed by atoms with E-state index >= 15 is 0 Å². The van der Waals surface area contributed by atoms with Gasteiger partial charge in [0.1, 0.15) is 23.3 Å². The number of fused-ring (bicyclic) bond motifs is 1. The summed E-state index contributed by atoms with van der Waals surface area (Å²) in [5.74, 6) is -0.315. The van der Waals surface area contributed by atoms with Crippen LogP contribution < -0.4 is 20.8 Å². The number of nitrogens with zero attached hydrogens (tertiary/aromatic N) is 2. The monoisotopic (exact) mass is 396 g/mol. The molecule has 2 aliphatic rings. The molecule has 7 nitrogen and oxygen atoms in total. The highest BCUT2D eigenvalue weighted by molar-refractivity contribution is 6.40. The second kappa shape index (κ2) is 7.90. The first-order chi connectivity index (χ1) is 14.0. The Kier molecular flexibility index (Phi) is 5.16. The highest BCUT2D eigenvalue weighted by Gasteiger charge is 2.35. The molecule has 0 saturated heterocycles. The lowest BCUT2D eigenvalue weighted by Gasteiger charge is -2.25. The highest BCUT2D eigenvalue weighted by atomic mass is 19.1. The van der Waals surface area contributed by atoms with Gasteiger partial charge in [0.25, 0.3) is 5.91 Å². The van der Waals surface area contributed by atoms with Crippen molar-refractivity contribution in [2.45, 2.75) is 18.9 Å². The lowest BCUT2D eigenvalue weighted by molar-refractivity contribution is -0.119. The molecule has 8 heteroatoms. The first-order valence-corrected chi connectivity index (χ1v) is 9.42. The van der Waals surface area contributed by atoms with E-state index in [1.807, 2.05) is 24.3 Å². The Labute approximate surface area is 167 Å². The number of primary amides is 1. The Morgan fingerprint density at radius 1 is 1.17 bits per heavy atom. The molecule has 150 valence electrons. The fraction of sp³-hybridized carbons (Fsp3) is 0.286. The van der Waals surface area contributed by atoms with E-state index in [1.54, 1.807) is 0 Å². The highest BCUT2D eigenvalue weighted by Crippen LogP contribution is 2.27. The summed E-state index contributed by atoms with van der Waals surface area (Å²) >= 11 is 0. The van der Waals surface area contributed by atoms with Crippen molar-refractivity contribution in [1.82, 2.24) is 5.32 Å². The molecule has 0 radical (unpaired) electrons. The van der Waals surface area contributed by atoms with Gasteiger partial charge in [-0.2, -0.15) is 5.10 Å². The fourth-order valence-corrected chi connectivity index (χ4v) is 3.56. The molecule has 3 N–H and O–H groups in total. The molecule has 29 heavy (non-hydrogen) atoms. The second-order valence-corrected chi connectivity index (χ2v) is 7.19.